The molecule has 3 aromatic rings. The van der Waals surface area contributed by atoms with E-state index in [2.05, 4.69) is 13.8 Å². The Balaban J connectivity index is 1.43. The van der Waals surface area contributed by atoms with Gasteiger partial charge in [0.25, 0.3) is 0 Å². The van der Waals surface area contributed by atoms with Gasteiger partial charge in [-0.25, -0.2) is 9.59 Å². The quantitative estimate of drug-likeness (QED) is 0.0350. The second kappa shape index (κ2) is 22.2. The highest BCUT2D eigenvalue weighted by molar-refractivity contribution is 5.99. The first-order chi connectivity index (χ1) is 23.4. The highest BCUT2D eigenvalue weighted by Gasteiger charge is 2.16. The lowest BCUT2D eigenvalue weighted by molar-refractivity contribution is -0.146. The summed E-state index contributed by atoms with van der Waals surface area (Å²) < 4.78 is 22.4. The standard InChI is InChI=1S/C41H51NO6/c1-4-6-8-10-11-12-13-15-28-45-32(3)40(43)47-38-24-18-34(19-25-38)35-20-26-39(27-21-35)48-41(44)36(31-42)30-33-16-22-37(23-17-33)46-29-14-9-7-5-2/h16-27,30,32H,4-15,28-29H2,1-3H3/b36-30+. The van der Waals surface area contributed by atoms with E-state index in [1.807, 2.05) is 42.5 Å². The Kier molecular flexibility index (Phi) is 17.6. The van der Waals surface area contributed by atoms with Gasteiger partial charge in [0.05, 0.1) is 6.61 Å². The van der Waals surface area contributed by atoms with E-state index in [4.69, 9.17) is 18.9 Å². The molecule has 0 saturated heterocycles. The van der Waals surface area contributed by atoms with Gasteiger partial charge in [-0.2, -0.15) is 5.26 Å². The van der Waals surface area contributed by atoms with Gasteiger partial charge in [-0.15, -0.1) is 0 Å². The maximum Gasteiger partial charge on any atom is 0.354 e. The van der Waals surface area contributed by atoms with Gasteiger partial charge < -0.3 is 18.9 Å². The van der Waals surface area contributed by atoms with Crippen molar-refractivity contribution in [2.45, 2.75) is 104 Å². The third-order valence-corrected chi connectivity index (χ3v) is 7.97. The largest absolute Gasteiger partial charge is 0.494 e. The number of ether oxygens (including phenoxy) is 4. The molecule has 0 radical (unpaired) electrons. The molecule has 0 aliphatic carbocycles. The Hall–Kier alpha value is -4.41. The van der Waals surface area contributed by atoms with E-state index >= 15 is 0 Å². The van der Waals surface area contributed by atoms with Gasteiger partial charge in [0, 0.05) is 6.61 Å². The Morgan fingerprint density at radius 1 is 0.646 bits per heavy atom. The number of carbonyl (C=O) groups is 2. The molecule has 0 bridgehead atoms. The molecule has 0 saturated carbocycles. The molecule has 48 heavy (non-hydrogen) atoms. The average molecular weight is 654 g/mol. The minimum Gasteiger partial charge on any atom is -0.494 e. The summed E-state index contributed by atoms with van der Waals surface area (Å²) in [6, 6.07) is 23.4. The molecule has 1 unspecified atom stereocenters. The lowest BCUT2D eigenvalue weighted by atomic mass is 10.1. The molecule has 0 spiro atoms. The zero-order valence-corrected chi connectivity index (χ0v) is 28.9. The van der Waals surface area contributed by atoms with Crippen molar-refractivity contribution in [2.75, 3.05) is 13.2 Å². The van der Waals surface area contributed by atoms with Crippen LogP contribution >= 0.6 is 0 Å². The van der Waals surface area contributed by atoms with Gasteiger partial charge in [0.1, 0.15) is 28.9 Å². The maximum atomic E-state index is 12.7. The third kappa shape index (κ3) is 14.1. The lowest BCUT2D eigenvalue weighted by Gasteiger charge is -2.13. The summed E-state index contributed by atoms with van der Waals surface area (Å²) in [6.07, 6.45) is 15.1. The van der Waals surface area contributed by atoms with Crippen LogP contribution in [0.5, 0.6) is 17.2 Å². The topological polar surface area (TPSA) is 94.9 Å². The summed E-state index contributed by atoms with van der Waals surface area (Å²) >= 11 is 0. The van der Waals surface area contributed by atoms with E-state index in [0.717, 1.165) is 42.6 Å². The van der Waals surface area contributed by atoms with E-state index in [1.165, 1.54) is 57.4 Å². The van der Waals surface area contributed by atoms with Crippen LogP contribution in [-0.2, 0) is 14.3 Å². The SMILES string of the molecule is CCCCCCCCCCOC(C)C(=O)Oc1ccc(-c2ccc(OC(=O)/C(C#N)=C/c3ccc(OCCCCCC)cc3)cc2)cc1. The molecule has 0 aliphatic heterocycles. The molecular weight excluding hydrogens is 602 g/mol. The number of nitriles is 1. The number of esters is 2. The van der Waals surface area contributed by atoms with Crippen molar-refractivity contribution < 1.29 is 28.5 Å². The second-order valence-corrected chi connectivity index (χ2v) is 12.0. The normalized spacial score (nSPS) is 11.8. The number of hydrogen-bond acceptors (Lipinski definition) is 7. The van der Waals surface area contributed by atoms with E-state index in [0.29, 0.717) is 30.3 Å². The molecule has 0 aliphatic rings. The Morgan fingerprint density at radius 3 is 1.69 bits per heavy atom. The monoisotopic (exact) mass is 653 g/mol. The highest BCUT2D eigenvalue weighted by atomic mass is 16.6. The molecule has 3 rings (SSSR count). The molecular formula is C41H51NO6. The number of rotatable bonds is 22. The van der Waals surface area contributed by atoms with Crippen molar-refractivity contribution in [1.29, 1.82) is 5.26 Å². The summed E-state index contributed by atoms with van der Waals surface area (Å²) in [6.45, 7) is 7.33. The molecule has 7 nitrogen and oxygen atoms in total. The number of hydrogen-bond donors (Lipinski definition) is 0. The Morgan fingerprint density at radius 2 is 1.12 bits per heavy atom. The predicted molar refractivity (Wildman–Crippen MR) is 191 cm³/mol. The molecule has 1 atom stereocenters. The molecule has 3 aromatic carbocycles. The van der Waals surface area contributed by atoms with Crippen molar-refractivity contribution >= 4 is 18.0 Å². The molecule has 0 N–H and O–H groups in total. The fraction of sp³-hybridized carbons (Fsp3) is 0.439. The van der Waals surface area contributed by atoms with Crippen LogP contribution in [0.3, 0.4) is 0 Å². The zero-order chi connectivity index (χ0) is 34.4. The summed E-state index contributed by atoms with van der Waals surface area (Å²) in [5, 5.41) is 9.59. The maximum absolute atomic E-state index is 12.7. The molecule has 0 fully saturated rings. The average Bonchev–Trinajstić information content (AvgIpc) is 3.11. The number of carbonyl (C=O) groups excluding carboxylic acids is 2. The van der Waals surface area contributed by atoms with E-state index < -0.39 is 18.0 Å². The minimum absolute atomic E-state index is 0.106. The molecule has 7 heteroatoms. The Bertz CT molecular complexity index is 1440. The van der Waals surface area contributed by atoms with Gasteiger partial charge in [0.15, 0.2) is 6.10 Å². The number of benzene rings is 3. The third-order valence-electron chi connectivity index (χ3n) is 7.97. The van der Waals surface area contributed by atoms with Crippen molar-refractivity contribution in [1.82, 2.24) is 0 Å². The lowest BCUT2D eigenvalue weighted by Crippen LogP contribution is -2.26. The number of unbranched alkanes of at least 4 members (excludes halogenated alkanes) is 10. The van der Waals surface area contributed by atoms with Crippen LogP contribution < -0.4 is 14.2 Å². The van der Waals surface area contributed by atoms with Crippen LogP contribution in [0.1, 0.15) is 103 Å². The first kappa shape index (κ1) is 38.0. The summed E-state index contributed by atoms with van der Waals surface area (Å²) in [7, 11) is 0. The molecule has 0 amide bonds. The van der Waals surface area contributed by atoms with Gasteiger partial charge in [0.2, 0.25) is 0 Å². The van der Waals surface area contributed by atoms with Gasteiger partial charge in [-0.1, -0.05) is 114 Å². The Labute approximate surface area is 286 Å². The van der Waals surface area contributed by atoms with Crippen molar-refractivity contribution in [3.05, 3.63) is 83.9 Å². The van der Waals surface area contributed by atoms with Crippen LogP contribution in [0.2, 0.25) is 0 Å². The fourth-order valence-electron chi connectivity index (χ4n) is 5.04. The fourth-order valence-corrected chi connectivity index (χ4v) is 5.04. The summed E-state index contributed by atoms with van der Waals surface area (Å²) in [4.78, 5) is 25.2. The van der Waals surface area contributed by atoms with Crippen molar-refractivity contribution in [3.63, 3.8) is 0 Å². The van der Waals surface area contributed by atoms with Crippen LogP contribution in [0.4, 0.5) is 0 Å². The van der Waals surface area contributed by atoms with Gasteiger partial charge in [-0.3, -0.25) is 0 Å². The van der Waals surface area contributed by atoms with Gasteiger partial charge >= 0.3 is 11.9 Å². The molecule has 0 aromatic heterocycles. The van der Waals surface area contributed by atoms with Gasteiger partial charge in [-0.05, 0) is 78.9 Å². The van der Waals surface area contributed by atoms with E-state index in [-0.39, 0.29) is 5.57 Å². The molecule has 256 valence electrons. The van der Waals surface area contributed by atoms with Crippen LogP contribution in [-0.4, -0.2) is 31.3 Å². The van der Waals surface area contributed by atoms with Crippen LogP contribution in [0.25, 0.3) is 17.2 Å². The smallest absolute Gasteiger partial charge is 0.354 e. The minimum atomic E-state index is -0.733. The zero-order valence-electron chi connectivity index (χ0n) is 28.9. The number of nitrogens with zero attached hydrogens (tertiary/aromatic N) is 1. The second-order valence-electron chi connectivity index (χ2n) is 12.0. The molecule has 0 heterocycles. The predicted octanol–water partition coefficient (Wildman–Crippen LogP) is 10.3. The van der Waals surface area contributed by atoms with E-state index in [9.17, 15) is 14.9 Å². The summed E-state index contributed by atoms with van der Waals surface area (Å²) in [5.41, 5.74) is 2.38. The summed E-state index contributed by atoms with van der Waals surface area (Å²) in [5.74, 6) is 0.367. The highest BCUT2D eigenvalue weighted by Crippen LogP contribution is 2.26. The van der Waals surface area contributed by atoms with Crippen LogP contribution in [0.15, 0.2) is 78.4 Å². The van der Waals surface area contributed by atoms with E-state index in [1.54, 1.807) is 43.3 Å². The van der Waals surface area contributed by atoms with Crippen molar-refractivity contribution in [2.24, 2.45) is 0 Å². The first-order valence-electron chi connectivity index (χ1n) is 17.5. The first-order valence-corrected chi connectivity index (χ1v) is 17.5. The van der Waals surface area contributed by atoms with Crippen LogP contribution in [0, 0.1) is 11.3 Å². The van der Waals surface area contributed by atoms with Crippen molar-refractivity contribution in [3.8, 4) is 34.4 Å².